The topological polar surface area (TPSA) is 50.8 Å². The summed E-state index contributed by atoms with van der Waals surface area (Å²) in [4.78, 5) is 13.8. The first-order chi connectivity index (χ1) is 12.1. The number of nitrogens with zero attached hydrogens (tertiary/aromatic N) is 1. The molecule has 1 N–H and O–H groups in total. The molecule has 148 valence electrons. The third-order valence-electron chi connectivity index (χ3n) is 4.11. The van der Waals surface area contributed by atoms with Crippen molar-refractivity contribution in [3.8, 4) is 11.5 Å². The molecule has 1 aliphatic rings. The van der Waals surface area contributed by atoms with Crippen molar-refractivity contribution >= 4 is 18.3 Å². The summed E-state index contributed by atoms with van der Waals surface area (Å²) in [6.45, 7) is 1.62. The molecule has 8 heteroatoms. The minimum atomic E-state index is -2.91. The number of alkyl halides is 2. The molecule has 0 unspecified atom stereocenters. The van der Waals surface area contributed by atoms with E-state index in [1.165, 1.54) is 0 Å². The molecule has 0 bridgehead atoms. The molecule has 1 aliphatic heterocycles. The van der Waals surface area contributed by atoms with E-state index < -0.39 is 6.61 Å². The van der Waals surface area contributed by atoms with Crippen LogP contribution in [0, 0.1) is 0 Å². The Labute approximate surface area is 159 Å². The summed E-state index contributed by atoms with van der Waals surface area (Å²) in [5.74, 6) is 0.571. The van der Waals surface area contributed by atoms with Crippen LogP contribution in [0.4, 0.5) is 8.78 Å². The summed E-state index contributed by atoms with van der Waals surface area (Å²) in [5.41, 5.74) is 0.605. The van der Waals surface area contributed by atoms with Gasteiger partial charge in [-0.1, -0.05) is 18.6 Å². The Hall–Kier alpha value is -1.60. The van der Waals surface area contributed by atoms with Gasteiger partial charge in [0.1, 0.15) is 0 Å². The SMILES string of the molecule is CCOc1cccc(CNCCN2CCCCCC2=O)c1OC(F)F.Cl. The van der Waals surface area contributed by atoms with E-state index in [0.29, 0.717) is 44.0 Å². The lowest BCUT2D eigenvalue weighted by Gasteiger charge is -2.21. The molecule has 1 heterocycles. The van der Waals surface area contributed by atoms with Crippen LogP contribution >= 0.6 is 12.4 Å². The van der Waals surface area contributed by atoms with Crippen LogP contribution in [0.25, 0.3) is 0 Å². The Bertz CT molecular complexity index is 561. The van der Waals surface area contributed by atoms with Crippen molar-refractivity contribution < 1.29 is 23.0 Å². The zero-order valence-electron chi connectivity index (χ0n) is 15.0. The number of nitrogens with one attached hydrogen (secondary N) is 1. The lowest BCUT2D eigenvalue weighted by atomic mass is 10.2. The van der Waals surface area contributed by atoms with Gasteiger partial charge in [-0.15, -0.1) is 12.4 Å². The summed E-state index contributed by atoms with van der Waals surface area (Å²) in [6.07, 6.45) is 3.70. The average molecular weight is 393 g/mol. The molecule has 1 aromatic rings. The zero-order chi connectivity index (χ0) is 18.1. The van der Waals surface area contributed by atoms with Crippen molar-refractivity contribution in [1.29, 1.82) is 0 Å². The lowest BCUT2D eigenvalue weighted by molar-refractivity contribution is -0.130. The molecule has 0 aliphatic carbocycles. The molecule has 0 atom stereocenters. The monoisotopic (exact) mass is 392 g/mol. The Balaban J connectivity index is 0.00000338. The number of amides is 1. The van der Waals surface area contributed by atoms with Gasteiger partial charge in [0.2, 0.25) is 5.91 Å². The fraction of sp³-hybridized carbons (Fsp3) is 0.611. The average Bonchev–Trinajstić information content (AvgIpc) is 2.78. The fourth-order valence-electron chi connectivity index (χ4n) is 2.90. The number of carbonyl (C=O) groups is 1. The van der Waals surface area contributed by atoms with Gasteiger partial charge in [-0.2, -0.15) is 8.78 Å². The largest absolute Gasteiger partial charge is 0.490 e. The van der Waals surface area contributed by atoms with Gasteiger partial charge >= 0.3 is 6.61 Å². The second kappa shape index (κ2) is 11.9. The van der Waals surface area contributed by atoms with Gasteiger partial charge in [0, 0.05) is 38.2 Å². The number of rotatable bonds is 9. The van der Waals surface area contributed by atoms with Crippen LogP contribution < -0.4 is 14.8 Å². The molecule has 1 amide bonds. The molecule has 1 fully saturated rings. The molecule has 1 aromatic carbocycles. The zero-order valence-corrected chi connectivity index (χ0v) is 15.8. The van der Waals surface area contributed by atoms with E-state index in [9.17, 15) is 13.6 Å². The predicted octanol–water partition coefficient (Wildman–Crippen LogP) is 3.60. The van der Waals surface area contributed by atoms with E-state index >= 15 is 0 Å². The number of benzene rings is 1. The van der Waals surface area contributed by atoms with Gasteiger partial charge in [-0.3, -0.25) is 4.79 Å². The molecule has 0 saturated carbocycles. The van der Waals surface area contributed by atoms with Crippen LogP contribution in [-0.4, -0.2) is 43.7 Å². The number of para-hydroxylation sites is 1. The number of ether oxygens (including phenoxy) is 2. The van der Waals surface area contributed by atoms with Crippen molar-refractivity contribution in [3.63, 3.8) is 0 Å². The predicted molar refractivity (Wildman–Crippen MR) is 98.2 cm³/mol. The lowest BCUT2D eigenvalue weighted by Crippen LogP contribution is -2.36. The Morgan fingerprint density at radius 1 is 1.27 bits per heavy atom. The van der Waals surface area contributed by atoms with Crippen molar-refractivity contribution in [1.82, 2.24) is 10.2 Å². The molecular weight excluding hydrogens is 366 g/mol. The highest BCUT2D eigenvalue weighted by Gasteiger charge is 2.17. The number of hydrogen-bond donors (Lipinski definition) is 1. The minimum Gasteiger partial charge on any atom is -0.490 e. The number of likely N-dealkylation sites (tertiary alicyclic amines) is 1. The van der Waals surface area contributed by atoms with Crippen molar-refractivity contribution in [2.75, 3.05) is 26.2 Å². The normalized spacial score (nSPS) is 14.8. The number of hydrogen-bond acceptors (Lipinski definition) is 4. The van der Waals surface area contributed by atoms with E-state index in [2.05, 4.69) is 10.1 Å². The standard InChI is InChI=1S/C18H26F2N2O3.ClH/c1-2-24-15-8-6-7-14(17(15)25-18(19)20)13-21-10-12-22-11-5-3-4-9-16(22)23;/h6-8,18,21H,2-5,9-13H2,1H3;1H. The van der Waals surface area contributed by atoms with Crippen LogP contribution in [0.1, 0.15) is 38.2 Å². The van der Waals surface area contributed by atoms with Crippen molar-refractivity contribution in [2.24, 2.45) is 0 Å². The molecule has 0 spiro atoms. The first kappa shape index (κ1) is 22.4. The Kier molecular flexibility index (Phi) is 10.3. The van der Waals surface area contributed by atoms with E-state index in [4.69, 9.17) is 4.74 Å². The van der Waals surface area contributed by atoms with E-state index in [1.807, 2.05) is 4.90 Å². The van der Waals surface area contributed by atoms with Gasteiger partial charge in [-0.25, -0.2) is 0 Å². The highest BCUT2D eigenvalue weighted by atomic mass is 35.5. The molecule has 1 saturated heterocycles. The third kappa shape index (κ3) is 6.96. The molecule has 26 heavy (non-hydrogen) atoms. The number of carbonyl (C=O) groups excluding carboxylic acids is 1. The molecule has 0 radical (unpaired) electrons. The maximum atomic E-state index is 12.7. The van der Waals surface area contributed by atoms with Crippen LogP contribution in [0.5, 0.6) is 11.5 Å². The molecular formula is C18H27ClF2N2O3. The van der Waals surface area contributed by atoms with E-state index in [1.54, 1.807) is 25.1 Å². The fourth-order valence-corrected chi connectivity index (χ4v) is 2.90. The van der Waals surface area contributed by atoms with E-state index in [-0.39, 0.29) is 24.1 Å². The highest BCUT2D eigenvalue weighted by Crippen LogP contribution is 2.32. The number of halogens is 3. The van der Waals surface area contributed by atoms with Crippen LogP contribution in [0.15, 0.2) is 18.2 Å². The van der Waals surface area contributed by atoms with Gasteiger partial charge in [0.25, 0.3) is 0 Å². The third-order valence-corrected chi connectivity index (χ3v) is 4.11. The van der Waals surface area contributed by atoms with Gasteiger partial charge < -0.3 is 19.7 Å². The van der Waals surface area contributed by atoms with Crippen LogP contribution in [0.3, 0.4) is 0 Å². The van der Waals surface area contributed by atoms with Crippen LogP contribution in [0.2, 0.25) is 0 Å². The summed E-state index contributed by atoms with van der Waals surface area (Å²) < 4.78 is 35.4. The first-order valence-electron chi connectivity index (χ1n) is 8.79. The quantitative estimate of drug-likeness (QED) is 0.652. The molecule has 5 nitrogen and oxygen atoms in total. The van der Waals surface area contributed by atoms with Gasteiger partial charge in [-0.05, 0) is 25.8 Å². The second-order valence-corrected chi connectivity index (χ2v) is 5.92. The maximum Gasteiger partial charge on any atom is 0.387 e. The summed E-state index contributed by atoms with van der Waals surface area (Å²) in [6, 6.07) is 5.09. The Morgan fingerprint density at radius 2 is 2.08 bits per heavy atom. The first-order valence-corrected chi connectivity index (χ1v) is 8.79. The maximum absolute atomic E-state index is 12.7. The summed E-state index contributed by atoms with van der Waals surface area (Å²) in [7, 11) is 0. The summed E-state index contributed by atoms with van der Waals surface area (Å²) in [5, 5.41) is 3.20. The van der Waals surface area contributed by atoms with Gasteiger partial charge in [0.15, 0.2) is 11.5 Å². The van der Waals surface area contributed by atoms with Crippen LogP contribution in [-0.2, 0) is 11.3 Å². The van der Waals surface area contributed by atoms with Crippen molar-refractivity contribution in [3.05, 3.63) is 23.8 Å². The Morgan fingerprint density at radius 3 is 2.81 bits per heavy atom. The smallest absolute Gasteiger partial charge is 0.387 e. The minimum absolute atomic E-state index is 0. The van der Waals surface area contributed by atoms with Crippen molar-refractivity contribution in [2.45, 2.75) is 45.8 Å². The van der Waals surface area contributed by atoms with E-state index in [0.717, 1.165) is 25.8 Å². The molecule has 2 rings (SSSR count). The molecule has 0 aromatic heterocycles. The highest BCUT2D eigenvalue weighted by molar-refractivity contribution is 5.85. The second-order valence-electron chi connectivity index (χ2n) is 5.92. The summed E-state index contributed by atoms with van der Waals surface area (Å²) >= 11 is 0. The van der Waals surface area contributed by atoms with Gasteiger partial charge in [0.05, 0.1) is 6.61 Å².